The van der Waals surface area contributed by atoms with E-state index in [2.05, 4.69) is 26.9 Å². The Bertz CT molecular complexity index is 770. The van der Waals surface area contributed by atoms with E-state index in [1.165, 1.54) is 5.69 Å². The van der Waals surface area contributed by atoms with Crippen LogP contribution in [0.4, 0.5) is 5.69 Å². The van der Waals surface area contributed by atoms with Crippen molar-refractivity contribution in [3.8, 4) is 5.75 Å². The summed E-state index contributed by atoms with van der Waals surface area (Å²) in [5.74, 6) is -0.153. The summed E-state index contributed by atoms with van der Waals surface area (Å²) in [4.78, 5) is 20.9. The third-order valence-corrected chi connectivity index (χ3v) is 6.28. The molecule has 1 aromatic carbocycles. The molecular formula is C23H29N3O3. The number of aliphatic carboxylic acids is 1. The van der Waals surface area contributed by atoms with Crippen molar-refractivity contribution in [1.29, 1.82) is 0 Å². The van der Waals surface area contributed by atoms with Crippen molar-refractivity contribution in [3.63, 3.8) is 0 Å². The minimum absolute atomic E-state index is 0.0714. The average Bonchev–Trinajstić information content (AvgIpc) is 2.79. The minimum atomic E-state index is -0.858. The van der Waals surface area contributed by atoms with Crippen LogP contribution in [0.2, 0.25) is 0 Å². The molecule has 1 saturated carbocycles. The molecule has 2 heterocycles. The SMILES string of the molecule is O=C(O)C(Oc1ccccc1)C1CCC(N2CCN(c3ccncc3)CC2)CC1. The third-order valence-electron chi connectivity index (χ3n) is 6.28. The maximum absolute atomic E-state index is 11.8. The highest BCUT2D eigenvalue weighted by Crippen LogP contribution is 2.32. The van der Waals surface area contributed by atoms with Gasteiger partial charge in [0.1, 0.15) is 5.75 Å². The van der Waals surface area contributed by atoms with Gasteiger partial charge in [-0.1, -0.05) is 18.2 Å². The first-order chi connectivity index (χ1) is 14.2. The Balaban J connectivity index is 1.28. The number of rotatable bonds is 6. The Kier molecular flexibility index (Phi) is 6.30. The van der Waals surface area contributed by atoms with Gasteiger partial charge in [0, 0.05) is 56.2 Å². The molecule has 1 saturated heterocycles. The van der Waals surface area contributed by atoms with Crippen LogP contribution in [0.5, 0.6) is 5.75 Å². The van der Waals surface area contributed by atoms with Crippen molar-refractivity contribution in [3.05, 3.63) is 54.9 Å². The number of nitrogens with zero attached hydrogens (tertiary/aromatic N) is 3. The van der Waals surface area contributed by atoms with E-state index in [0.29, 0.717) is 11.8 Å². The molecule has 1 aliphatic heterocycles. The van der Waals surface area contributed by atoms with E-state index in [0.717, 1.165) is 51.9 Å². The second-order valence-electron chi connectivity index (χ2n) is 7.99. The Hall–Kier alpha value is -2.60. The summed E-state index contributed by atoms with van der Waals surface area (Å²) in [7, 11) is 0. The van der Waals surface area contributed by atoms with Crippen LogP contribution < -0.4 is 9.64 Å². The zero-order valence-electron chi connectivity index (χ0n) is 16.7. The lowest BCUT2D eigenvalue weighted by Crippen LogP contribution is -2.52. The Morgan fingerprint density at radius 3 is 2.24 bits per heavy atom. The smallest absolute Gasteiger partial charge is 0.345 e. The number of aromatic nitrogens is 1. The van der Waals surface area contributed by atoms with E-state index in [9.17, 15) is 9.90 Å². The largest absolute Gasteiger partial charge is 0.478 e. The Morgan fingerprint density at radius 2 is 1.62 bits per heavy atom. The molecule has 0 radical (unpaired) electrons. The van der Waals surface area contributed by atoms with Crippen LogP contribution in [0, 0.1) is 5.92 Å². The predicted octanol–water partition coefficient (Wildman–Crippen LogP) is 3.29. The van der Waals surface area contributed by atoms with Gasteiger partial charge in [0.05, 0.1) is 0 Å². The Labute approximate surface area is 172 Å². The highest BCUT2D eigenvalue weighted by molar-refractivity contribution is 5.73. The van der Waals surface area contributed by atoms with Gasteiger partial charge in [0.15, 0.2) is 6.10 Å². The summed E-state index contributed by atoms with van der Waals surface area (Å²) in [6.07, 6.45) is 6.82. The van der Waals surface area contributed by atoms with Crippen molar-refractivity contribution >= 4 is 11.7 Å². The fourth-order valence-electron chi connectivity index (χ4n) is 4.66. The summed E-state index contributed by atoms with van der Waals surface area (Å²) in [6, 6.07) is 14.0. The van der Waals surface area contributed by atoms with Gasteiger partial charge in [-0.05, 0) is 49.9 Å². The quantitative estimate of drug-likeness (QED) is 0.810. The summed E-state index contributed by atoms with van der Waals surface area (Å²) in [6.45, 7) is 4.17. The molecule has 1 atom stereocenters. The molecule has 0 bridgehead atoms. The van der Waals surface area contributed by atoms with E-state index < -0.39 is 12.1 Å². The third kappa shape index (κ3) is 4.88. The maximum Gasteiger partial charge on any atom is 0.345 e. The van der Waals surface area contributed by atoms with Crippen LogP contribution in [0.3, 0.4) is 0 Å². The molecule has 6 heteroatoms. The first-order valence-corrected chi connectivity index (χ1v) is 10.5. The number of hydrogen-bond acceptors (Lipinski definition) is 5. The normalized spacial score (nSPS) is 24.1. The van der Waals surface area contributed by atoms with Gasteiger partial charge in [-0.2, -0.15) is 0 Å². The summed E-state index contributed by atoms with van der Waals surface area (Å²) in [5.41, 5.74) is 1.24. The fourth-order valence-corrected chi connectivity index (χ4v) is 4.66. The van der Waals surface area contributed by atoms with Gasteiger partial charge in [0.25, 0.3) is 0 Å². The van der Waals surface area contributed by atoms with Gasteiger partial charge < -0.3 is 14.7 Å². The van der Waals surface area contributed by atoms with Crippen LogP contribution in [0.1, 0.15) is 25.7 Å². The fraction of sp³-hybridized carbons (Fsp3) is 0.478. The van der Waals surface area contributed by atoms with Gasteiger partial charge in [-0.15, -0.1) is 0 Å². The van der Waals surface area contributed by atoms with Crippen molar-refractivity contribution in [2.45, 2.75) is 37.8 Å². The minimum Gasteiger partial charge on any atom is -0.478 e. The van der Waals surface area contributed by atoms with Gasteiger partial charge in [-0.3, -0.25) is 9.88 Å². The molecule has 0 spiro atoms. The van der Waals surface area contributed by atoms with E-state index in [4.69, 9.17) is 4.74 Å². The standard InChI is InChI=1S/C23H29N3O3/c27-23(28)22(29-21-4-2-1-3-5-21)18-6-8-19(9-7-18)25-14-16-26(17-15-25)20-10-12-24-13-11-20/h1-5,10-13,18-19,22H,6-9,14-17H2,(H,27,28). The van der Waals surface area contributed by atoms with Gasteiger partial charge in [-0.25, -0.2) is 4.79 Å². The lowest BCUT2D eigenvalue weighted by molar-refractivity contribution is -0.148. The predicted molar refractivity (Wildman–Crippen MR) is 112 cm³/mol. The number of carboxylic acids is 1. The monoisotopic (exact) mass is 395 g/mol. The number of anilines is 1. The zero-order valence-corrected chi connectivity index (χ0v) is 16.7. The molecule has 1 aliphatic carbocycles. The van der Waals surface area contributed by atoms with Gasteiger partial charge >= 0.3 is 5.97 Å². The first kappa shape index (κ1) is 19.7. The number of para-hydroxylation sites is 1. The molecule has 1 N–H and O–H groups in total. The molecule has 0 amide bonds. The van der Waals surface area contributed by atoms with Crippen LogP contribution in [-0.2, 0) is 4.79 Å². The number of carboxylic acid groups (broad SMARTS) is 1. The van der Waals surface area contributed by atoms with Crippen LogP contribution >= 0.6 is 0 Å². The van der Waals surface area contributed by atoms with E-state index >= 15 is 0 Å². The second kappa shape index (κ2) is 9.27. The lowest BCUT2D eigenvalue weighted by atomic mass is 9.81. The molecule has 2 aromatic rings. The lowest BCUT2D eigenvalue weighted by Gasteiger charge is -2.43. The highest BCUT2D eigenvalue weighted by Gasteiger charge is 2.36. The van der Waals surface area contributed by atoms with E-state index in [1.807, 2.05) is 42.7 Å². The second-order valence-corrected chi connectivity index (χ2v) is 7.99. The van der Waals surface area contributed by atoms with E-state index in [-0.39, 0.29) is 5.92 Å². The zero-order chi connectivity index (χ0) is 20.1. The summed E-state index contributed by atoms with van der Waals surface area (Å²) in [5, 5.41) is 9.69. The average molecular weight is 396 g/mol. The van der Waals surface area contributed by atoms with Gasteiger partial charge in [0.2, 0.25) is 0 Å². The number of hydrogen-bond donors (Lipinski definition) is 1. The van der Waals surface area contributed by atoms with E-state index in [1.54, 1.807) is 0 Å². The summed E-state index contributed by atoms with van der Waals surface area (Å²) >= 11 is 0. The number of carbonyl (C=O) groups is 1. The van der Waals surface area contributed by atoms with Crippen molar-refractivity contribution in [2.75, 3.05) is 31.1 Å². The molecule has 2 fully saturated rings. The van der Waals surface area contributed by atoms with Crippen molar-refractivity contribution in [2.24, 2.45) is 5.92 Å². The Morgan fingerprint density at radius 1 is 0.966 bits per heavy atom. The van der Waals surface area contributed by atoms with Crippen molar-refractivity contribution < 1.29 is 14.6 Å². The number of benzene rings is 1. The number of ether oxygens (including phenoxy) is 1. The molecule has 1 aromatic heterocycles. The topological polar surface area (TPSA) is 65.9 Å². The van der Waals surface area contributed by atoms with Crippen LogP contribution in [-0.4, -0.2) is 59.3 Å². The maximum atomic E-state index is 11.8. The molecular weight excluding hydrogens is 366 g/mol. The molecule has 154 valence electrons. The molecule has 4 rings (SSSR count). The molecule has 2 aliphatic rings. The molecule has 6 nitrogen and oxygen atoms in total. The molecule has 1 unspecified atom stereocenters. The molecule has 29 heavy (non-hydrogen) atoms. The number of pyridine rings is 1. The summed E-state index contributed by atoms with van der Waals surface area (Å²) < 4.78 is 5.83. The first-order valence-electron chi connectivity index (χ1n) is 10.5. The van der Waals surface area contributed by atoms with Crippen LogP contribution in [0.25, 0.3) is 0 Å². The van der Waals surface area contributed by atoms with Crippen molar-refractivity contribution in [1.82, 2.24) is 9.88 Å². The highest BCUT2D eigenvalue weighted by atomic mass is 16.5. The number of piperazine rings is 1. The van der Waals surface area contributed by atoms with Crippen LogP contribution in [0.15, 0.2) is 54.9 Å².